The van der Waals surface area contributed by atoms with Crippen LogP contribution in [0, 0.1) is 0 Å². The first-order valence-electron chi connectivity index (χ1n) is 22.8. The zero-order valence-electron chi connectivity index (χ0n) is 40.5. The van der Waals surface area contributed by atoms with E-state index in [1.807, 2.05) is 109 Å². The Balaban J connectivity index is 0.00000676. The molecule has 71 heavy (non-hydrogen) atoms. The molecule has 1 heterocycles. The fourth-order valence-electron chi connectivity index (χ4n) is 8.82. The van der Waals surface area contributed by atoms with Crippen LogP contribution < -0.4 is 63.2 Å². The number of methoxy groups -OCH3 is 4. The number of allylic oxidation sites excluding steroid dienone is 1. The fraction of sp³-hybridized carbons (Fsp3) is 0.138. The molecule has 1 atom stereocenters. The molecule has 0 aromatic heterocycles. The topological polar surface area (TPSA) is 104 Å². The van der Waals surface area contributed by atoms with Gasteiger partial charge in [0.2, 0.25) is 0 Å². The van der Waals surface area contributed by atoms with Crippen molar-refractivity contribution in [1.29, 1.82) is 0 Å². The summed E-state index contributed by atoms with van der Waals surface area (Å²) in [4.78, 5) is 8.58. The van der Waals surface area contributed by atoms with E-state index in [0.717, 1.165) is 101 Å². The average Bonchev–Trinajstić information content (AvgIpc) is 3.40. The van der Waals surface area contributed by atoms with E-state index in [9.17, 15) is 13.0 Å². The van der Waals surface area contributed by atoms with Crippen LogP contribution in [0.5, 0.6) is 23.0 Å². The first-order valence-corrected chi connectivity index (χ1v) is 25.1. The Labute approximate surface area is 443 Å². The smallest absolute Gasteiger partial charge is 0.747 e. The van der Waals surface area contributed by atoms with Gasteiger partial charge in [0.25, 0.3) is 0 Å². The van der Waals surface area contributed by atoms with Crippen molar-refractivity contribution in [3.63, 3.8) is 0 Å². The molecule has 8 aromatic carbocycles. The van der Waals surface area contributed by atoms with Gasteiger partial charge < -0.3 is 38.2 Å². The predicted octanol–water partition coefficient (Wildman–Crippen LogP) is 11.5. The third kappa shape index (κ3) is 11.0. The molecule has 354 valence electrons. The van der Waals surface area contributed by atoms with Gasteiger partial charge in [-0.1, -0.05) is 72.4 Å². The molecular formula is C58H52N3NaO7S2. The molecule has 13 heteroatoms. The Morgan fingerprint density at radius 3 is 1.10 bits per heavy atom. The van der Waals surface area contributed by atoms with Gasteiger partial charge in [0, 0.05) is 50.5 Å². The van der Waals surface area contributed by atoms with E-state index in [1.54, 1.807) is 53.2 Å². The molecule has 1 aliphatic heterocycles. The van der Waals surface area contributed by atoms with Gasteiger partial charge in [-0.05, 0) is 169 Å². The van der Waals surface area contributed by atoms with Crippen LogP contribution in [-0.2, 0) is 10.1 Å². The van der Waals surface area contributed by atoms with Crippen molar-refractivity contribution < 1.29 is 61.5 Å². The second kappa shape index (κ2) is 22.6. The molecule has 0 bridgehead atoms. The van der Waals surface area contributed by atoms with E-state index < -0.39 is 15.4 Å². The summed E-state index contributed by atoms with van der Waals surface area (Å²) in [6.45, 7) is 2.02. The van der Waals surface area contributed by atoms with Crippen molar-refractivity contribution in [3.05, 3.63) is 194 Å². The predicted molar refractivity (Wildman–Crippen MR) is 283 cm³/mol. The third-order valence-corrected chi connectivity index (χ3v) is 14.8. The van der Waals surface area contributed by atoms with Crippen LogP contribution in [0.4, 0.5) is 45.5 Å². The average molecular weight is 990 g/mol. The largest absolute Gasteiger partial charge is 1.00 e. The Bertz CT molecular complexity index is 2920. The molecule has 8 aromatic rings. The van der Waals surface area contributed by atoms with Gasteiger partial charge in [0.1, 0.15) is 33.1 Å². The normalized spacial score (nSPS) is 12.3. The van der Waals surface area contributed by atoms with Crippen molar-refractivity contribution in [2.45, 2.75) is 28.4 Å². The van der Waals surface area contributed by atoms with Crippen molar-refractivity contribution >= 4 is 67.4 Å². The minimum atomic E-state index is -4.60. The molecule has 0 radical (unpaired) electrons. The van der Waals surface area contributed by atoms with Crippen molar-refractivity contribution in [2.75, 3.05) is 49.7 Å². The molecule has 0 fully saturated rings. The number of hydrogen-bond acceptors (Lipinski definition) is 11. The standard InChI is InChI=1S/C58H53N3O7S2.Na/c1-6-9-52(70(62,63)64)38-39-59-55-12-7-10-53(40-14-18-42(19-15-40)60(44-22-30-48(65-2)31-23-44)45-24-32-49(66-3)33-25-45)57(55)69-58-54(11-8-13-56(58)59)41-16-20-43(21-17-41)61(46-26-34-50(67-4)35-27-46)47-28-36-51(68-5)37-29-47;/h6-37,52H,38-39H2,1-5H3,(H,62,63,64);/q;+1/p-1/b9-6+;. The number of hydrogen-bond donors (Lipinski definition) is 0. The van der Waals surface area contributed by atoms with E-state index >= 15 is 0 Å². The van der Waals surface area contributed by atoms with Crippen LogP contribution in [0.25, 0.3) is 22.3 Å². The number of nitrogens with zero attached hydrogens (tertiary/aromatic N) is 3. The van der Waals surface area contributed by atoms with E-state index in [2.05, 4.69) is 87.5 Å². The number of benzene rings is 8. The monoisotopic (exact) mass is 989 g/mol. The molecule has 0 aliphatic carbocycles. The van der Waals surface area contributed by atoms with Crippen LogP contribution in [0.1, 0.15) is 13.3 Å². The summed E-state index contributed by atoms with van der Waals surface area (Å²) in [5.41, 5.74) is 11.7. The fourth-order valence-corrected chi connectivity index (χ4v) is 10.9. The summed E-state index contributed by atoms with van der Waals surface area (Å²) in [5, 5.41) is -1.18. The second-order valence-electron chi connectivity index (χ2n) is 16.5. The van der Waals surface area contributed by atoms with Crippen LogP contribution in [0.2, 0.25) is 0 Å². The van der Waals surface area contributed by atoms with Gasteiger partial charge in [0.15, 0.2) is 0 Å². The minimum absolute atomic E-state index is 0. The van der Waals surface area contributed by atoms with E-state index in [-0.39, 0.29) is 36.0 Å². The van der Waals surface area contributed by atoms with E-state index in [0.29, 0.717) is 6.54 Å². The van der Waals surface area contributed by atoms with Crippen LogP contribution in [0.15, 0.2) is 204 Å². The first-order chi connectivity index (χ1) is 34.1. The Kier molecular flexibility index (Phi) is 16.2. The third-order valence-electron chi connectivity index (χ3n) is 12.4. The summed E-state index contributed by atoms with van der Waals surface area (Å²) >= 11 is 1.70. The molecule has 10 nitrogen and oxygen atoms in total. The SMILES string of the molecule is C/C=C/C(CCN1c2cccc(-c3ccc(N(c4ccc(OC)cc4)c4ccc(OC)cc4)cc3)c2Sc2c(-c3ccc(N(c4ccc(OC)cc4)c4ccc(OC)cc4)cc3)cccc21)S(=O)(=O)[O-].[Na+]. The Hall–Kier alpha value is -6.64. The molecular weight excluding hydrogens is 938 g/mol. The molecule has 0 saturated carbocycles. The minimum Gasteiger partial charge on any atom is -0.747 e. The second-order valence-corrected chi connectivity index (χ2v) is 19.1. The van der Waals surface area contributed by atoms with E-state index in [1.165, 1.54) is 6.08 Å². The summed E-state index contributed by atoms with van der Waals surface area (Å²) in [7, 11) is 2.03. The van der Waals surface area contributed by atoms with E-state index in [4.69, 9.17) is 18.9 Å². The maximum atomic E-state index is 12.5. The van der Waals surface area contributed by atoms with Gasteiger partial charge in [-0.15, -0.1) is 0 Å². The molecule has 0 spiro atoms. The first kappa shape index (κ1) is 50.7. The molecule has 9 rings (SSSR count). The quantitative estimate of drug-likeness (QED) is 0.0495. The molecule has 0 amide bonds. The molecule has 1 aliphatic rings. The summed E-state index contributed by atoms with van der Waals surface area (Å²) < 4.78 is 59.5. The van der Waals surface area contributed by atoms with Gasteiger partial charge in [0.05, 0.1) is 45.1 Å². The molecule has 1 unspecified atom stereocenters. The van der Waals surface area contributed by atoms with Crippen molar-refractivity contribution in [2.24, 2.45) is 0 Å². The van der Waals surface area contributed by atoms with Crippen molar-refractivity contribution in [1.82, 2.24) is 0 Å². The van der Waals surface area contributed by atoms with Crippen LogP contribution in [-0.4, -0.2) is 53.2 Å². The van der Waals surface area contributed by atoms with Crippen LogP contribution in [0.3, 0.4) is 0 Å². The maximum absolute atomic E-state index is 12.5. The number of fused-ring (bicyclic) bond motifs is 2. The zero-order chi connectivity index (χ0) is 48.8. The van der Waals surface area contributed by atoms with Gasteiger partial charge >= 0.3 is 29.6 Å². The Morgan fingerprint density at radius 2 is 0.817 bits per heavy atom. The van der Waals surface area contributed by atoms with Gasteiger partial charge in [-0.3, -0.25) is 0 Å². The number of rotatable bonds is 17. The van der Waals surface area contributed by atoms with Crippen molar-refractivity contribution in [3.8, 4) is 45.3 Å². The molecule has 0 N–H and O–H groups in total. The zero-order valence-corrected chi connectivity index (χ0v) is 44.1. The summed E-state index contributed by atoms with van der Waals surface area (Å²) in [5.74, 6) is 3.07. The Morgan fingerprint density at radius 1 is 0.507 bits per heavy atom. The summed E-state index contributed by atoms with van der Waals surface area (Å²) in [6.07, 6.45) is 3.23. The van der Waals surface area contributed by atoms with Crippen LogP contribution >= 0.6 is 11.8 Å². The maximum Gasteiger partial charge on any atom is 1.00 e. The van der Waals surface area contributed by atoms with Gasteiger partial charge in [-0.2, -0.15) is 0 Å². The number of ether oxygens (including phenoxy) is 4. The number of anilines is 8. The molecule has 0 saturated heterocycles. The van der Waals surface area contributed by atoms with Gasteiger partial charge in [-0.25, -0.2) is 8.42 Å². The summed E-state index contributed by atoms with van der Waals surface area (Å²) in [6, 6.07) is 61.4.